The number of ether oxygens (including phenoxy) is 4. The maximum atomic E-state index is 12.6. The highest BCUT2D eigenvalue weighted by Gasteiger charge is 2.28. The van der Waals surface area contributed by atoms with E-state index >= 15 is 0 Å². The van der Waals surface area contributed by atoms with Gasteiger partial charge in [0.05, 0.1) is 20.3 Å². The smallest absolute Gasteiger partial charge is 0.265 e. The van der Waals surface area contributed by atoms with Gasteiger partial charge in [-0.2, -0.15) is 0 Å². The quantitative estimate of drug-likeness (QED) is 0.904. The summed E-state index contributed by atoms with van der Waals surface area (Å²) in [7, 11) is 3.19. The number of rotatable bonds is 5. The van der Waals surface area contributed by atoms with E-state index in [1.165, 1.54) is 0 Å². The summed E-state index contributed by atoms with van der Waals surface area (Å²) in [6.07, 6.45) is -0.700. The minimum atomic E-state index is -0.700. The number of fused-ring (bicyclic) bond motifs is 1. The van der Waals surface area contributed by atoms with E-state index < -0.39 is 6.10 Å². The molecule has 2 aromatic carbocycles. The molecule has 132 valence electrons. The highest BCUT2D eigenvalue weighted by molar-refractivity contribution is 5.82. The minimum Gasteiger partial charge on any atom is -0.497 e. The van der Waals surface area contributed by atoms with Crippen LogP contribution in [0, 0.1) is 0 Å². The predicted octanol–water partition coefficient (Wildman–Crippen LogP) is 2.72. The van der Waals surface area contributed by atoms with Crippen LogP contribution in [0.1, 0.15) is 18.5 Å². The topological polar surface area (TPSA) is 66.0 Å². The van der Waals surface area contributed by atoms with Crippen LogP contribution in [0.2, 0.25) is 0 Å². The Morgan fingerprint density at radius 1 is 1.16 bits per heavy atom. The van der Waals surface area contributed by atoms with E-state index in [2.05, 4.69) is 5.32 Å². The van der Waals surface area contributed by atoms with Crippen LogP contribution >= 0.6 is 0 Å². The molecule has 0 aromatic heterocycles. The average molecular weight is 343 g/mol. The van der Waals surface area contributed by atoms with Crippen LogP contribution in [0.25, 0.3) is 0 Å². The lowest BCUT2D eigenvalue weighted by molar-refractivity contribution is -0.131. The molecule has 1 aliphatic rings. The van der Waals surface area contributed by atoms with E-state index in [9.17, 15) is 4.79 Å². The van der Waals surface area contributed by atoms with Crippen molar-refractivity contribution in [1.82, 2.24) is 5.32 Å². The van der Waals surface area contributed by atoms with Crippen molar-refractivity contribution in [3.63, 3.8) is 0 Å². The number of amides is 1. The number of methoxy groups -OCH3 is 2. The fraction of sp³-hybridized carbons (Fsp3) is 0.316. The third kappa shape index (κ3) is 3.63. The monoisotopic (exact) mass is 343 g/mol. The van der Waals surface area contributed by atoms with Gasteiger partial charge in [0.2, 0.25) is 6.10 Å². The number of para-hydroxylation sites is 2. The van der Waals surface area contributed by atoms with Crippen LogP contribution in [-0.2, 0) is 4.79 Å². The summed E-state index contributed by atoms with van der Waals surface area (Å²) in [5, 5.41) is 2.94. The molecular weight excluding hydrogens is 322 g/mol. The molecule has 0 spiro atoms. The van der Waals surface area contributed by atoms with Gasteiger partial charge in [-0.1, -0.05) is 12.1 Å². The minimum absolute atomic E-state index is 0.171. The summed E-state index contributed by atoms with van der Waals surface area (Å²) >= 11 is 0. The summed E-state index contributed by atoms with van der Waals surface area (Å²) in [5.41, 5.74) is 0.826. The molecule has 0 aliphatic carbocycles. The van der Waals surface area contributed by atoms with E-state index in [0.717, 1.165) is 5.56 Å². The van der Waals surface area contributed by atoms with Crippen molar-refractivity contribution in [3.05, 3.63) is 48.0 Å². The standard InChI is InChI=1S/C19H21NO5/c1-12(14-10-13(22-2)8-9-15(14)23-3)20-19(21)18-11-24-16-6-4-5-7-17(16)25-18/h4-10,12,18H,11H2,1-3H3,(H,20,21). The lowest BCUT2D eigenvalue weighted by atomic mass is 10.1. The molecule has 0 radical (unpaired) electrons. The zero-order valence-corrected chi connectivity index (χ0v) is 14.4. The number of carbonyl (C=O) groups excluding carboxylic acids is 1. The largest absolute Gasteiger partial charge is 0.497 e. The second kappa shape index (κ2) is 7.34. The lowest BCUT2D eigenvalue weighted by Gasteiger charge is -2.27. The molecule has 1 heterocycles. The number of benzene rings is 2. The SMILES string of the molecule is COc1ccc(OC)c(C(C)NC(=O)C2COc3ccccc3O2)c1. The molecule has 2 unspecified atom stereocenters. The third-order valence-corrected chi connectivity index (χ3v) is 4.06. The van der Waals surface area contributed by atoms with E-state index in [1.54, 1.807) is 20.3 Å². The first-order valence-electron chi connectivity index (χ1n) is 8.03. The van der Waals surface area contributed by atoms with Crippen molar-refractivity contribution in [2.75, 3.05) is 20.8 Å². The fourth-order valence-corrected chi connectivity index (χ4v) is 2.71. The predicted molar refractivity (Wildman–Crippen MR) is 92.5 cm³/mol. The van der Waals surface area contributed by atoms with Gasteiger partial charge in [-0.3, -0.25) is 4.79 Å². The molecule has 25 heavy (non-hydrogen) atoms. The maximum absolute atomic E-state index is 12.6. The Morgan fingerprint density at radius 2 is 1.92 bits per heavy atom. The zero-order valence-electron chi connectivity index (χ0n) is 14.4. The second-order valence-electron chi connectivity index (χ2n) is 5.70. The van der Waals surface area contributed by atoms with Crippen molar-refractivity contribution in [1.29, 1.82) is 0 Å². The molecule has 0 fully saturated rings. The number of nitrogens with one attached hydrogen (secondary N) is 1. The van der Waals surface area contributed by atoms with Crippen LogP contribution in [0.5, 0.6) is 23.0 Å². The van der Waals surface area contributed by atoms with Gasteiger partial charge in [0, 0.05) is 5.56 Å². The van der Waals surface area contributed by atoms with Gasteiger partial charge in [-0.05, 0) is 37.3 Å². The van der Waals surface area contributed by atoms with E-state index in [-0.39, 0.29) is 18.6 Å². The van der Waals surface area contributed by atoms with Crippen molar-refractivity contribution >= 4 is 5.91 Å². The zero-order chi connectivity index (χ0) is 17.8. The Morgan fingerprint density at radius 3 is 2.64 bits per heavy atom. The summed E-state index contributed by atoms with van der Waals surface area (Å²) in [5.74, 6) is 2.35. The summed E-state index contributed by atoms with van der Waals surface area (Å²) < 4.78 is 22.0. The fourth-order valence-electron chi connectivity index (χ4n) is 2.71. The van der Waals surface area contributed by atoms with Gasteiger partial charge in [-0.15, -0.1) is 0 Å². The van der Waals surface area contributed by atoms with Crippen LogP contribution in [0.4, 0.5) is 0 Å². The summed E-state index contributed by atoms with van der Waals surface area (Å²) in [6.45, 7) is 2.05. The van der Waals surface area contributed by atoms with Gasteiger partial charge < -0.3 is 24.3 Å². The molecule has 0 saturated carbocycles. The van der Waals surface area contributed by atoms with Gasteiger partial charge in [0.15, 0.2) is 11.5 Å². The van der Waals surface area contributed by atoms with Crippen LogP contribution in [0.15, 0.2) is 42.5 Å². The van der Waals surface area contributed by atoms with Gasteiger partial charge >= 0.3 is 0 Å². The van der Waals surface area contributed by atoms with E-state index in [1.807, 2.05) is 43.3 Å². The van der Waals surface area contributed by atoms with Crippen LogP contribution in [-0.4, -0.2) is 32.8 Å². The van der Waals surface area contributed by atoms with Gasteiger partial charge in [0.25, 0.3) is 5.91 Å². The Labute approximate surface area is 146 Å². The van der Waals surface area contributed by atoms with Crippen molar-refractivity contribution < 1.29 is 23.7 Å². The van der Waals surface area contributed by atoms with Crippen LogP contribution < -0.4 is 24.3 Å². The Balaban J connectivity index is 1.71. The van der Waals surface area contributed by atoms with Gasteiger partial charge in [0.1, 0.15) is 18.1 Å². The molecule has 2 aromatic rings. The first-order chi connectivity index (χ1) is 12.1. The third-order valence-electron chi connectivity index (χ3n) is 4.06. The van der Waals surface area contributed by atoms with Crippen molar-refractivity contribution in [2.24, 2.45) is 0 Å². The van der Waals surface area contributed by atoms with Crippen molar-refractivity contribution in [2.45, 2.75) is 19.1 Å². The normalized spacial score (nSPS) is 16.7. The Kier molecular flexibility index (Phi) is 4.97. The maximum Gasteiger partial charge on any atom is 0.265 e. The molecule has 6 heteroatoms. The number of hydrogen-bond donors (Lipinski definition) is 1. The molecule has 6 nitrogen and oxygen atoms in total. The summed E-state index contributed by atoms with van der Waals surface area (Å²) in [6, 6.07) is 12.5. The molecule has 0 bridgehead atoms. The number of hydrogen-bond acceptors (Lipinski definition) is 5. The molecule has 2 atom stereocenters. The number of carbonyl (C=O) groups is 1. The lowest BCUT2D eigenvalue weighted by Crippen LogP contribution is -2.44. The first-order valence-corrected chi connectivity index (χ1v) is 8.03. The van der Waals surface area contributed by atoms with Crippen LogP contribution in [0.3, 0.4) is 0 Å². The molecule has 0 saturated heterocycles. The van der Waals surface area contributed by atoms with E-state index in [0.29, 0.717) is 23.0 Å². The van der Waals surface area contributed by atoms with Gasteiger partial charge in [-0.25, -0.2) is 0 Å². The molecular formula is C19H21NO5. The first kappa shape index (κ1) is 17.0. The average Bonchev–Trinajstić information content (AvgIpc) is 2.66. The highest BCUT2D eigenvalue weighted by atomic mass is 16.6. The summed E-state index contributed by atoms with van der Waals surface area (Å²) in [4.78, 5) is 12.6. The van der Waals surface area contributed by atoms with Crippen molar-refractivity contribution in [3.8, 4) is 23.0 Å². The second-order valence-corrected chi connectivity index (χ2v) is 5.70. The molecule has 1 amide bonds. The molecule has 1 aliphatic heterocycles. The van der Waals surface area contributed by atoms with E-state index in [4.69, 9.17) is 18.9 Å². The Bertz CT molecular complexity index is 761. The highest BCUT2D eigenvalue weighted by Crippen LogP contribution is 2.32. The Hall–Kier alpha value is -2.89. The molecule has 1 N–H and O–H groups in total. The molecule has 3 rings (SSSR count).